The van der Waals surface area contributed by atoms with Crippen LogP contribution in [0.25, 0.3) is 209 Å². The fourth-order valence-electron chi connectivity index (χ4n) is 17.4. The molecule has 0 amide bonds. The summed E-state index contributed by atoms with van der Waals surface area (Å²) < 4.78 is 14.7. The van der Waals surface area contributed by atoms with Gasteiger partial charge in [-0.05, 0) is 137 Å². The first kappa shape index (κ1) is 52.1. The summed E-state index contributed by atoms with van der Waals surface area (Å²) in [6, 6.07) is 116. The van der Waals surface area contributed by atoms with Crippen LogP contribution in [-0.4, -0.2) is 37.0 Å². The van der Waals surface area contributed by atoms with Crippen LogP contribution in [0.5, 0.6) is 0 Å². The normalized spacial score (nSPS) is 12.5. The van der Waals surface area contributed by atoms with E-state index < -0.39 is 0 Å². The van der Waals surface area contributed by atoms with Crippen LogP contribution in [0.15, 0.2) is 315 Å². The first-order valence-electron chi connectivity index (χ1n) is 33.6. The SMILES string of the molecule is c1ccc(-c2nc3cccc4c5ccc(-n6c7ccc8ccc(-c9cc%10nc(-c%11ccccc%11)c%11c%12cc(-n%13c%14ccccc%14c%14ccc%15c(c%16ccccc%16n%15-c%15ccccc%15)c%14%13)ccc%12c(c9)n%10%11)cc8c7c7ccc8c(c9ccccc9n8-c8ccccc8)c76)cc5c2n34)cc1. The van der Waals surface area contributed by atoms with E-state index in [1.165, 1.54) is 103 Å². The molecule has 0 atom stereocenters. The second kappa shape index (κ2) is 19.2. The first-order chi connectivity index (χ1) is 48.6. The van der Waals surface area contributed by atoms with Gasteiger partial charge in [0.25, 0.3) is 0 Å². The molecule has 0 saturated heterocycles. The van der Waals surface area contributed by atoms with Gasteiger partial charge in [0.15, 0.2) is 0 Å². The summed E-state index contributed by atoms with van der Waals surface area (Å²) in [5.74, 6) is 0. The Kier molecular flexibility index (Phi) is 10.2. The van der Waals surface area contributed by atoms with Gasteiger partial charge in [-0.2, -0.15) is 0 Å². The zero-order valence-corrected chi connectivity index (χ0v) is 52.6. The van der Waals surface area contributed by atoms with Crippen molar-refractivity contribution >= 4 is 153 Å². The molecule has 23 aromatic rings. The number of benzene rings is 13. The van der Waals surface area contributed by atoms with Gasteiger partial charge in [0, 0.05) is 98.5 Å². The molecule has 0 N–H and O–H groups in total. The van der Waals surface area contributed by atoms with Gasteiger partial charge in [0.2, 0.25) is 0 Å². The first-order valence-corrected chi connectivity index (χ1v) is 33.6. The van der Waals surface area contributed by atoms with Crippen molar-refractivity contribution in [2.45, 2.75) is 0 Å². The quantitative estimate of drug-likeness (QED) is 0.160. The van der Waals surface area contributed by atoms with E-state index in [0.29, 0.717) is 0 Å². The largest absolute Gasteiger partial charge is 0.309 e. The number of fused-ring (bicyclic) bond motifs is 22. The summed E-state index contributed by atoms with van der Waals surface area (Å²) in [4.78, 5) is 11.0. The number of rotatable bonds is 7. The van der Waals surface area contributed by atoms with Crippen LogP contribution < -0.4 is 0 Å². The lowest BCUT2D eigenvalue weighted by Crippen LogP contribution is -1.95. The Hall–Kier alpha value is -13.3. The predicted molar refractivity (Wildman–Crippen MR) is 408 cm³/mol. The smallest absolute Gasteiger partial charge is 0.139 e. The van der Waals surface area contributed by atoms with Gasteiger partial charge in [0.05, 0.1) is 77.6 Å². The Labute approximate surface area is 558 Å². The molecule has 0 unspecified atom stereocenters. The molecule has 8 nitrogen and oxygen atoms in total. The van der Waals surface area contributed by atoms with Crippen molar-refractivity contribution in [2.75, 3.05) is 0 Å². The highest BCUT2D eigenvalue weighted by Crippen LogP contribution is 2.49. The molecule has 23 rings (SSSR count). The maximum atomic E-state index is 5.66. The van der Waals surface area contributed by atoms with Crippen LogP contribution in [0, 0.1) is 0 Å². The van der Waals surface area contributed by atoms with Gasteiger partial charge in [0.1, 0.15) is 11.3 Å². The van der Waals surface area contributed by atoms with Gasteiger partial charge in [-0.15, -0.1) is 0 Å². The third-order valence-electron chi connectivity index (χ3n) is 21.4. The van der Waals surface area contributed by atoms with Crippen molar-refractivity contribution in [3.8, 4) is 56.4 Å². The summed E-state index contributed by atoms with van der Waals surface area (Å²) in [6.45, 7) is 0. The van der Waals surface area contributed by atoms with Crippen LogP contribution in [0.2, 0.25) is 0 Å². The lowest BCUT2D eigenvalue weighted by molar-refractivity contribution is 1.18. The molecule has 0 aliphatic heterocycles. The molecule has 0 aliphatic rings. The number of imidazole rings is 2. The topological polar surface area (TPSA) is 54.3 Å². The van der Waals surface area contributed by atoms with E-state index in [9.17, 15) is 0 Å². The van der Waals surface area contributed by atoms with Crippen LogP contribution in [-0.2, 0) is 0 Å². The number of nitrogens with zero attached hydrogens (tertiary/aromatic N) is 8. The fraction of sp³-hybridized carbons (Fsp3) is 0. The maximum absolute atomic E-state index is 5.66. The van der Waals surface area contributed by atoms with E-state index in [0.717, 1.165) is 106 Å². The van der Waals surface area contributed by atoms with E-state index in [1.54, 1.807) is 0 Å². The average molecular weight is 1250 g/mol. The van der Waals surface area contributed by atoms with Gasteiger partial charge in [-0.1, -0.05) is 200 Å². The van der Waals surface area contributed by atoms with Crippen molar-refractivity contribution in [1.82, 2.24) is 37.0 Å². The van der Waals surface area contributed by atoms with Gasteiger partial charge < -0.3 is 18.3 Å². The number of hydrogen-bond acceptors (Lipinski definition) is 2. The van der Waals surface area contributed by atoms with Gasteiger partial charge >= 0.3 is 0 Å². The minimum atomic E-state index is 0.910. The molecule has 452 valence electrons. The molecular formula is C90H52N8. The van der Waals surface area contributed by atoms with Gasteiger partial charge in [-0.3, -0.25) is 8.80 Å². The highest BCUT2D eigenvalue weighted by molar-refractivity contribution is 6.31. The molecule has 0 fully saturated rings. The van der Waals surface area contributed by atoms with E-state index in [2.05, 4.69) is 343 Å². The van der Waals surface area contributed by atoms with Crippen LogP contribution in [0.1, 0.15) is 0 Å². The molecule has 0 saturated carbocycles. The number of pyridine rings is 2. The summed E-state index contributed by atoms with van der Waals surface area (Å²) in [7, 11) is 0. The Morgan fingerprint density at radius 1 is 0.194 bits per heavy atom. The number of hydrogen-bond donors (Lipinski definition) is 0. The van der Waals surface area contributed by atoms with Crippen LogP contribution >= 0.6 is 0 Å². The highest BCUT2D eigenvalue weighted by Gasteiger charge is 2.28. The lowest BCUT2D eigenvalue weighted by Gasteiger charge is -2.11. The maximum Gasteiger partial charge on any atom is 0.139 e. The second-order valence-corrected chi connectivity index (χ2v) is 26.4. The zero-order chi connectivity index (χ0) is 63.6. The Balaban J connectivity index is 0.772. The van der Waals surface area contributed by atoms with E-state index >= 15 is 0 Å². The van der Waals surface area contributed by atoms with Crippen molar-refractivity contribution in [3.63, 3.8) is 0 Å². The molecule has 0 spiro atoms. The summed E-state index contributed by atoms with van der Waals surface area (Å²) in [6.07, 6.45) is 0. The van der Waals surface area contributed by atoms with Gasteiger partial charge in [-0.25, -0.2) is 9.97 Å². The fourth-order valence-corrected chi connectivity index (χ4v) is 17.4. The minimum Gasteiger partial charge on any atom is -0.309 e. The molecule has 98 heavy (non-hydrogen) atoms. The second-order valence-electron chi connectivity index (χ2n) is 26.4. The molecule has 10 aromatic heterocycles. The monoisotopic (exact) mass is 1240 g/mol. The molecule has 0 aliphatic carbocycles. The Bertz CT molecular complexity index is 7330. The number of para-hydroxylation sites is 5. The van der Waals surface area contributed by atoms with Crippen molar-refractivity contribution in [1.29, 1.82) is 0 Å². The minimum absolute atomic E-state index is 0.910. The molecule has 0 radical (unpaired) electrons. The molecule has 8 heteroatoms. The van der Waals surface area contributed by atoms with Crippen molar-refractivity contribution < 1.29 is 0 Å². The Morgan fingerprint density at radius 2 is 0.643 bits per heavy atom. The lowest BCUT2D eigenvalue weighted by atomic mass is 9.97. The molecular weight excluding hydrogens is 1190 g/mol. The third kappa shape index (κ3) is 6.86. The van der Waals surface area contributed by atoms with Crippen molar-refractivity contribution in [2.24, 2.45) is 0 Å². The third-order valence-corrected chi connectivity index (χ3v) is 21.4. The zero-order valence-electron chi connectivity index (χ0n) is 52.6. The average Bonchev–Trinajstić information content (AvgIpc) is 1.55. The van der Waals surface area contributed by atoms with E-state index in [1.807, 2.05) is 0 Å². The number of aromatic nitrogens is 8. The Morgan fingerprint density at radius 3 is 1.27 bits per heavy atom. The summed E-state index contributed by atoms with van der Waals surface area (Å²) in [5.41, 5.74) is 26.5. The molecule has 10 heterocycles. The van der Waals surface area contributed by atoms with Crippen molar-refractivity contribution in [3.05, 3.63) is 315 Å². The summed E-state index contributed by atoms with van der Waals surface area (Å²) in [5, 5.41) is 16.8. The predicted octanol–water partition coefficient (Wildman–Crippen LogP) is 23.0. The van der Waals surface area contributed by atoms with E-state index in [-0.39, 0.29) is 0 Å². The van der Waals surface area contributed by atoms with Crippen LogP contribution in [0.4, 0.5) is 0 Å². The summed E-state index contributed by atoms with van der Waals surface area (Å²) >= 11 is 0. The van der Waals surface area contributed by atoms with Crippen LogP contribution in [0.3, 0.4) is 0 Å². The molecule has 0 bridgehead atoms. The standard InChI is InChI=1S/C90H52N8/c1-5-20-54(21-6-1)85-89-70-52-61(39-41-63(70)73-34-19-35-80(91-85)97(73)89)96-76-45-38-53-36-37-56(48-69(53)82(76)68-44-47-78-84(88(68)96)67-30-15-18-33-75(67)94(78)59-26-11-4-12-27-59)57-49-79-64-42-40-60(51-71(64)90-86(55-22-7-2-8-23-55)92-81(50-57)98(79)90)95-72-31-16-13-28-62(72)65-43-46-77-83(87(65)95)66-29-14-17-32-74(66)93(77)58-24-9-3-10-25-58/h1-52H. The van der Waals surface area contributed by atoms with E-state index in [4.69, 9.17) is 9.97 Å². The highest BCUT2D eigenvalue weighted by atomic mass is 15.1. The molecule has 13 aromatic carbocycles.